The Hall–Kier alpha value is -3.10. The second kappa shape index (κ2) is 9.36. The van der Waals surface area contributed by atoms with E-state index >= 15 is 0 Å². The molecule has 1 aliphatic rings. The Morgan fingerprint density at radius 1 is 1.39 bits per heavy atom. The molecule has 1 fully saturated rings. The lowest BCUT2D eigenvalue weighted by Crippen LogP contribution is -2.25. The highest BCUT2D eigenvalue weighted by atomic mass is 32.2. The zero-order valence-electron chi connectivity index (χ0n) is 16.8. The summed E-state index contributed by atoms with van der Waals surface area (Å²) < 4.78 is 1.76. The number of ketones is 1. The van der Waals surface area contributed by atoms with Crippen molar-refractivity contribution in [3.63, 3.8) is 0 Å². The average molecular weight is 454 g/mol. The van der Waals surface area contributed by atoms with Crippen molar-refractivity contribution in [1.29, 1.82) is 5.26 Å². The molecule has 1 aliphatic heterocycles. The molecule has 0 aliphatic carbocycles. The van der Waals surface area contributed by atoms with Crippen LogP contribution in [0.1, 0.15) is 35.3 Å². The third-order valence-electron chi connectivity index (χ3n) is 4.76. The number of Topliss-reactive ketones (excluding diaryl/α,β-unsaturated/α-hetero) is 1. The Bertz CT molecular complexity index is 1140. The fourth-order valence-corrected chi connectivity index (χ4v) is 4.97. The van der Waals surface area contributed by atoms with Gasteiger partial charge in [-0.05, 0) is 25.5 Å². The summed E-state index contributed by atoms with van der Waals surface area (Å²) in [5.41, 5.74) is 0.789. The highest BCUT2D eigenvalue weighted by Gasteiger charge is 2.27. The molecular weight excluding hydrogens is 434 g/mol. The van der Waals surface area contributed by atoms with Crippen LogP contribution in [0, 0.1) is 18.3 Å². The summed E-state index contributed by atoms with van der Waals surface area (Å²) >= 11 is 2.51. The van der Waals surface area contributed by atoms with Gasteiger partial charge < -0.3 is 4.90 Å². The molecular formula is C20H19N7O2S2. The molecule has 4 heterocycles. The van der Waals surface area contributed by atoms with Crippen molar-refractivity contribution >= 4 is 34.8 Å². The summed E-state index contributed by atoms with van der Waals surface area (Å²) in [7, 11) is 0. The second-order valence-corrected chi connectivity index (χ2v) is 8.82. The summed E-state index contributed by atoms with van der Waals surface area (Å²) in [6, 6.07) is 7.54. The number of carbonyl (C=O) groups is 2. The molecule has 0 N–H and O–H groups in total. The Labute approximate surface area is 187 Å². The number of amides is 1. The summed E-state index contributed by atoms with van der Waals surface area (Å²) in [6.07, 6.45) is 3.04. The molecule has 1 unspecified atom stereocenters. The van der Waals surface area contributed by atoms with Crippen LogP contribution in [0.5, 0.6) is 0 Å². The van der Waals surface area contributed by atoms with E-state index in [2.05, 4.69) is 26.2 Å². The quantitative estimate of drug-likeness (QED) is 0.478. The average Bonchev–Trinajstić information content (AvgIpc) is 3.49. The number of hydrogen-bond donors (Lipinski definition) is 0. The van der Waals surface area contributed by atoms with Crippen molar-refractivity contribution in [1.82, 2.24) is 29.6 Å². The number of aromatic nitrogens is 5. The Morgan fingerprint density at radius 3 is 2.90 bits per heavy atom. The molecule has 1 amide bonds. The number of aryl methyl sites for hydroxylation is 1. The van der Waals surface area contributed by atoms with Crippen molar-refractivity contribution in [3.05, 3.63) is 46.3 Å². The molecule has 4 rings (SSSR count). The molecule has 1 atom stereocenters. The first-order chi connectivity index (χ1) is 15.1. The van der Waals surface area contributed by atoms with Crippen LogP contribution < -0.4 is 0 Å². The van der Waals surface area contributed by atoms with E-state index in [1.165, 1.54) is 23.1 Å². The van der Waals surface area contributed by atoms with Gasteiger partial charge in [-0.15, -0.1) is 21.5 Å². The van der Waals surface area contributed by atoms with Crippen LogP contribution in [0.3, 0.4) is 0 Å². The lowest BCUT2D eigenvalue weighted by Gasteiger charge is -2.16. The number of hydrogen-bond acceptors (Lipinski definition) is 9. The highest BCUT2D eigenvalue weighted by Crippen LogP contribution is 2.26. The predicted octanol–water partition coefficient (Wildman–Crippen LogP) is 2.52. The van der Waals surface area contributed by atoms with Crippen LogP contribution in [-0.2, 0) is 16.1 Å². The highest BCUT2D eigenvalue weighted by molar-refractivity contribution is 7.99. The van der Waals surface area contributed by atoms with Crippen LogP contribution in [0.15, 0.2) is 34.9 Å². The third kappa shape index (κ3) is 4.65. The van der Waals surface area contributed by atoms with Gasteiger partial charge in [0.1, 0.15) is 10.8 Å². The van der Waals surface area contributed by atoms with E-state index in [1.54, 1.807) is 21.7 Å². The van der Waals surface area contributed by atoms with Gasteiger partial charge in [0, 0.05) is 30.2 Å². The van der Waals surface area contributed by atoms with Gasteiger partial charge in [-0.1, -0.05) is 17.8 Å². The number of rotatable bonds is 8. The van der Waals surface area contributed by atoms with Crippen molar-refractivity contribution in [3.8, 4) is 11.9 Å². The van der Waals surface area contributed by atoms with Crippen LogP contribution in [0.25, 0.3) is 5.82 Å². The van der Waals surface area contributed by atoms with Gasteiger partial charge in [-0.2, -0.15) is 5.26 Å². The van der Waals surface area contributed by atoms with Crippen LogP contribution in [0.2, 0.25) is 0 Å². The van der Waals surface area contributed by atoms with Crippen molar-refractivity contribution in [2.45, 2.75) is 37.4 Å². The Morgan fingerprint density at radius 2 is 2.26 bits per heavy atom. The molecule has 3 aromatic rings. The van der Waals surface area contributed by atoms with E-state index in [1.807, 2.05) is 24.4 Å². The van der Waals surface area contributed by atoms with E-state index in [0.717, 1.165) is 12.1 Å². The van der Waals surface area contributed by atoms with Gasteiger partial charge in [-0.25, -0.2) is 9.97 Å². The van der Waals surface area contributed by atoms with E-state index in [9.17, 15) is 14.9 Å². The lowest BCUT2D eigenvalue weighted by molar-refractivity contribution is -0.128. The molecule has 0 bridgehead atoms. The monoisotopic (exact) mass is 453 g/mol. The van der Waals surface area contributed by atoms with E-state index in [0.29, 0.717) is 41.3 Å². The topological polar surface area (TPSA) is 118 Å². The number of thiazole rings is 1. The second-order valence-electron chi connectivity index (χ2n) is 6.99. The van der Waals surface area contributed by atoms with Crippen LogP contribution in [0.4, 0.5) is 0 Å². The van der Waals surface area contributed by atoms with Gasteiger partial charge in [-0.3, -0.25) is 14.2 Å². The smallest absolute Gasteiger partial charge is 0.223 e. The fourth-order valence-electron chi connectivity index (χ4n) is 3.24. The molecule has 31 heavy (non-hydrogen) atoms. The van der Waals surface area contributed by atoms with Crippen molar-refractivity contribution in [2.75, 3.05) is 12.3 Å². The van der Waals surface area contributed by atoms with Gasteiger partial charge in [0.2, 0.25) is 5.91 Å². The minimum atomic E-state index is -0.904. The minimum absolute atomic E-state index is 0.0461. The maximum Gasteiger partial charge on any atom is 0.223 e. The van der Waals surface area contributed by atoms with Gasteiger partial charge in [0.25, 0.3) is 0 Å². The predicted molar refractivity (Wildman–Crippen MR) is 115 cm³/mol. The van der Waals surface area contributed by atoms with Gasteiger partial charge >= 0.3 is 0 Å². The first-order valence-electron chi connectivity index (χ1n) is 9.67. The molecule has 158 valence electrons. The van der Waals surface area contributed by atoms with Crippen LogP contribution >= 0.6 is 23.1 Å². The molecule has 11 heteroatoms. The first kappa shape index (κ1) is 21.1. The number of nitriles is 1. The molecule has 0 radical (unpaired) electrons. The molecule has 3 aromatic heterocycles. The van der Waals surface area contributed by atoms with Gasteiger partial charge in [0.15, 0.2) is 22.7 Å². The lowest BCUT2D eigenvalue weighted by atomic mass is 10.1. The molecule has 0 saturated carbocycles. The first-order valence-corrected chi connectivity index (χ1v) is 11.5. The Balaban J connectivity index is 1.56. The van der Waals surface area contributed by atoms with Crippen molar-refractivity contribution in [2.24, 2.45) is 0 Å². The summed E-state index contributed by atoms with van der Waals surface area (Å²) in [5, 5.41) is 20.8. The van der Waals surface area contributed by atoms with E-state index in [-0.39, 0.29) is 17.4 Å². The van der Waals surface area contributed by atoms with E-state index in [4.69, 9.17) is 0 Å². The summed E-state index contributed by atoms with van der Waals surface area (Å²) in [4.78, 5) is 35.2. The molecule has 0 spiro atoms. The standard InChI is InChI=1S/C20H19N7O2S2/c1-13-11-30-19(23-13)14(9-21)15(28)12-31-20-25-24-17(10-26-8-4-6-18(26)29)27(20)16-5-2-3-7-22-16/h2-3,5,7,11,14H,4,6,8,10,12H2,1H3. The minimum Gasteiger partial charge on any atom is -0.335 e. The summed E-state index contributed by atoms with van der Waals surface area (Å²) in [6.45, 7) is 2.84. The zero-order chi connectivity index (χ0) is 21.8. The SMILES string of the molecule is Cc1csc(C(C#N)C(=O)CSc2nnc(CN3CCCC3=O)n2-c2ccccn2)n1. The third-order valence-corrected chi connectivity index (χ3v) is 6.74. The molecule has 1 saturated heterocycles. The van der Waals surface area contributed by atoms with E-state index < -0.39 is 5.92 Å². The van der Waals surface area contributed by atoms with Gasteiger partial charge in [0.05, 0.1) is 18.4 Å². The number of thioether (sulfide) groups is 1. The number of carbonyl (C=O) groups excluding carboxylic acids is 2. The zero-order valence-corrected chi connectivity index (χ0v) is 18.4. The normalized spacial score (nSPS) is 14.6. The molecule has 9 nitrogen and oxygen atoms in total. The number of nitrogens with zero attached hydrogens (tertiary/aromatic N) is 7. The van der Waals surface area contributed by atoms with Crippen molar-refractivity contribution < 1.29 is 9.59 Å². The number of pyridine rings is 1. The maximum absolute atomic E-state index is 12.7. The number of likely N-dealkylation sites (tertiary alicyclic amines) is 1. The summed E-state index contributed by atoms with van der Waals surface area (Å²) in [5.74, 6) is 0.181. The molecule has 0 aromatic carbocycles. The Kier molecular flexibility index (Phi) is 6.39. The largest absolute Gasteiger partial charge is 0.335 e. The fraction of sp³-hybridized carbons (Fsp3) is 0.350. The maximum atomic E-state index is 12.7. The van der Waals surface area contributed by atoms with Crippen LogP contribution in [-0.4, -0.2) is 53.6 Å².